The summed E-state index contributed by atoms with van der Waals surface area (Å²) in [6, 6.07) is 5.46. The van der Waals surface area contributed by atoms with E-state index in [2.05, 4.69) is 38.6 Å². The number of aryl methyl sites for hydroxylation is 1. The van der Waals surface area contributed by atoms with Crippen molar-refractivity contribution in [3.8, 4) is 0 Å². The molecule has 1 unspecified atom stereocenters. The fourth-order valence-corrected chi connectivity index (χ4v) is 3.97. The van der Waals surface area contributed by atoms with E-state index in [1.165, 1.54) is 17.5 Å². The molecule has 1 atom stereocenters. The Hall–Kier alpha value is -2.22. The monoisotopic (exact) mass is 449 g/mol. The first-order valence-electron chi connectivity index (χ1n) is 9.24. The SMILES string of the molecule is CCC1=CC(CC)C(=Nc2ncc(C(=O)Nc3c(C)cccc3Cl)s2)N=C(Cl)N1. The lowest BCUT2D eigenvalue weighted by Crippen LogP contribution is -2.16. The molecule has 0 spiro atoms. The van der Waals surface area contributed by atoms with Gasteiger partial charge < -0.3 is 10.6 Å². The van der Waals surface area contributed by atoms with E-state index in [0.717, 1.165) is 24.1 Å². The molecule has 0 bridgehead atoms. The van der Waals surface area contributed by atoms with E-state index < -0.39 is 0 Å². The van der Waals surface area contributed by atoms with Crippen LogP contribution in [0.25, 0.3) is 0 Å². The van der Waals surface area contributed by atoms with Gasteiger partial charge in [0.25, 0.3) is 5.91 Å². The van der Waals surface area contributed by atoms with Crippen LogP contribution in [0, 0.1) is 12.8 Å². The van der Waals surface area contributed by atoms with Crippen molar-refractivity contribution in [3.63, 3.8) is 0 Å². The molecule has 29 heavy (non-hydrogen) atoms. The summed E-state index contributed by atoms with van der Waals surface area (Å²) in [5.74, 6) is 0.298. The topological polar surface area (TPSA) is 78.7 Å². The molecule has 1 aliphatic heterocycles. The van der Waals surface area contributed by atoms with E-state index in [-0.39, 0.29) is 17.1 Å². The Balaban J connectivity index is 1.84. The van der Waals surface area contributed by atoms with Crippen LogP contribution in [0.5, 0.6) is 0 Å². The lowest BCUT2D eigenvalue weighted by molar-refractivity contribution is 0.103. The van der Waals surface area contributed by atoms with Crippen molar-refractivity contribution in [2.75, 3.05) is 5.32 Å². The first-order valence-corrected chi connectivity index (χ1v) is 10.8. The number of amidine groups is 2. The highest BCUT2D eigenvalue weighted by Crippen LogP contribution is 2.28. The zero-order chi connectivity index (χ0) is 21.0. The van der Waals surface area contributed by atoms with Crippen molar-refractivity contribution in [3.05, 3.63) is 51.6 Å². The molecule has 2 aromatic rings. The second-order valence-corrected chi connectivity index (χ2v) is 8.23. The molecule has 6 nitrogen and oxygen atoms in total. The maximum absolute atomic E-state index is 12.6. The van der Waals surface area contributed by atoms with Crippen molar-refractivity contribution in [1.82, 2.24) is 10.3 Å². The Bertz CT molecular complexity index is 992. The van der Waals surface area contributed by atoms with Gasteiger partial charge in [0.1, 0.15) is 10.7 Å². The van der Waals surface area contributed by atoms with Crippen molar-refractivity contribution in [1.29, 1.82) is 0 Å². The highest BCUT2D eigenvalue weighted by molar-refractivity contribution is 7.17. The molecule has 1 aromatic heterocycles. The molecule has 2 N–H and O–H groups in total. The predicted octanol–water partition coefficient (Wildman–Crippen LogP) is 5.91. The number of anilines is 1. The summed E-state index contributed by atoms with van der Waals surface area (Å²) in [7, 11) is 0. The third kappa shape index (κ3) is 5.23. The second-order valence-electron chi connectivity index (χ2n) is 6.45. The quantitative estimate of drug-likeness (QED) is 0.557. The maximum atomic E-state index is 12.6. The van der Waals surface area contributed by atoms with Gasteiger partial charge in [-0.2, -0.15) is 0 Å². The minimum Gasteiger partial charge on any atom is -0.334 e. The molecular formula is C20H21Cl2N5OS. The largest absolute Gasteiger partial charge is 0.334 e. The summed E-state index contributed by atoms with van der Waals surface area (Å²) in [6.45, 7) is 5.99. The molecule has 0 saturated heterocycles. The van der Waals surface area contributed by atoms with Crippen LogP contribution in [0.4, 0.5) is 10.8 Å². The van der Waals surface area contributed by atoms with Gasteiger partial charge in [0.05, 0.1) is 16.9 Å². The van der Waals surface area contributed by atoms with Crippen molar-refractivity contribution >= 4 is 62.4 Å². The zero-order valence-electron chi connectivity index (χ0n) is 16.3. The van der Waals surface area contributed by atoms with Gasteiger partial charge in [0.2, 0.25) is 10.4 Å². The number of carbonyl (C=O) groups is 1. The fraction of sp³-hybridized carbons (Fsp3) is 0.300. The van der Waals surface area contributed by atoms with Crippen LogP contribution in [0.1, 0.15) is 41.9 Å². The molecule has 3 rings (SSSR count). The van der Waals surface area contributed by atoms with Crippen LogP contribution in [-0.4, -0.2) is 22.0 Å². The number of thiazole rings is 1. The molecule has 9 heteroatoms. The maximum Gasteiger partial charge on any atom is 0.267 e. The minimum absolute atomic E-state index is 0.0145. The van der Waals surface area contributed by atoms with E-state index in [1.54, 1.807) is 6.07 Å². The van der Waals surface area contributed by atoms with Crippen LogP contribution in [0.15, 0.2) is 46.2 Å². The van der Waals surface area contributed by atoms with Gasteiger partial charge in [0.15, 0.2) is 0 Å². The molecule has 0 fully saturated rings. The van der Waals surface area contributed by atoms with Crippen LogP contribution in [-0.2, 0) is 0 Å². The molecule has 1 amide bonds. The van der Waals surface area contributed by atoms with Gasteiger partial charge >= 0.3 is 0 Å². The highest BCUT2D eigenvalue weighted by Gasteiger charge is 2.19. The smallest absolute Gasteiger partial charge is 0.267 e. The number of amides is 1. The Kier molecular flexibility index (Phi) is 7.05. The summed E-state index contributed by atoms with van der Waals surface area (Å²) in [4.78, 5) is 26.3. The first kappa shape index (κ1) is 21.5. The summed E-state index contributed by atoms with van der Waals surface area (Å²) >= 11 is 13.6. The third-order valence-corrected chi connectivity index (χ3v) is 5.80. The van der Waals surface area contributed by atoms with Crippen molar-refractivity contribution in [2.45, 2.75) is 33.6 Å². The molecule has 0 radical (unpaired) electrons. The van der Waals surface area contributed by atoms with Crippen molar-refractivity contribution in [2.24, 2.45) is 15.9 Å². The third-order valence-electron chi connectivity index (χ3n) is 4.42. The van der Waals surface area contributed by atoms with Crippen LogP contribution in [0.2, 0.25) is 5.02 Å². The van der Waals surface area contributed by atoms with Crippen LogP contribution in [0.3, 0.4) is 0 Å². The Morgan fingerprint density at radius 2 is 2.14 bits per heavy atom. The number of halogens is 2. The normalized spacial score (nSPS) is 18.0. The highest BCUT2D eigenvalue weighted by atomic mass is 35.5. The summed E-state index contributed by atoms with van der Waals surface area (Å²) in [6.07, 6.45) is 5.22. The number of para-hydroxylation sites is 1. The van der Waals surface area contributed by atoms with Crippen LogP contribution >= 0.6 is 34.5 Å². The number of carbonyl (C=O) groups excluding carboxylic acids is 1. The first-order chi connectivity index (χ1) is 13.9. The molecule has 1 aliphatic rings. The number of rotatable bonds is 5. The number of allylic oxidation sites excluding steroid dienone is 1. The van der Waals surface area contributed by atoms with Gasteiger partial charge in [-0.15, -0.1) is 0 Å². The Morgan fingerprint density at radius 1 is 1.34 bits per heavy atom. The Morgan fingerprint density at radius 3 is 2.83 bits per heavy atom. The standard InChI is InChI=1S/C20H21Cl2N5OS/c1-4-12-9-13(5-2)24-19(22)26-17(12)27-20-23-10-15(29-20)18(28)25-16-11(3)7-6-8-14(16)21/h6-10,12H,4-5H2,1-3H3,(H,25,28)(H,23,24,26,27). The van der Waals surface area contributed by atoms with E-state index in [1.807, 2.05) is 26.0 Å². The Labute approximate surface area is 183 Å². The molecular weight excluding hydrogens is 429 g/mol. The van der Waals surface area contributed by atoms with E-state index in [9.17, 15) is 4.79 Å². The van der Waals surface area contributed by atoms with Crippen molar-refractivity contribution < 1.29 is 4.79 Å². The lowest BCUT2D eigenvalue weighted by atomic mass is 10.0. The number of hydrogen-bond acceptors (Lipinski definition) is 5. The summed E-state index contributed by atoms with van der Waals surface area (Å²) in [5.41, 5.74) is 2.48. The van der Waals surface area contributed by atoms with Crippen LogP contribution < -0.4 is 10.6 Å². The zero-order valence-corrected chi connectivity index (χ0v) is 18.6. The lowest BCUT2D eigenvalue weighted by Gasteiger charge is -2.09. The van der Waals surface area contributed by atoms with E-state index in [0.29, 0.717) is 26.6 Å². The average molecular weight is 450 g/mol. The predicted molar refractivity (Wildman–Crippen MR) is 122 cm³/mol. The number of nitrogens with one attached hydrogen (secondary N) is 2. The van der Waals surface area contributed by atoms with Gasteiger partial charge in [-0.1, -0.05) is 55.0 Å². The van der Waals surface area contributed by atoms with E-state index >= 15 is 0 Å². The fourth-order valence-electron chi connectivity index (χ4n) is 2.80. The average Bonchev–Trinajstić information content (AvgIpc) is 3.09. The van der Waals surface area contributed by atoms with E-state index in [4.69, 9.17) is 23.2 Å². The molecule has 0 aliphatic carbocycles. The van der Waals surface area contributed by atoms with Gasteiger partial charge in [-0.25, -0.2) is 15.0 Å². The molecule has 1 aromatic carbocycles. The summed E-state index contributed by atoms with van der Waals surface area (Å²) in [5, 5.41) is 7.13. The number of nitrogens with zero attached hydrogens (tertiary/aromatic N) is 3. The molecule has 2 heterocycles. The molecule has 152 valence electrons. The number of benzene rings is 1. The molecule has 0 saturated carbocycles. The second kappa shape index (κ2) is 9.52. The van der Waals surface area contributed by atoms with Gasteiger partial charge in [-0.05, 0) is 43.0 Å². The van der Waals surface area contributed by atoms with Gasteiger partial charge in [-0.3, -0.25) is 4.79 Å². The summed E-state index contributed by atoms with van der Waals surface area (Å²) < 4.78 is 0. The minimum atomic E-state index is -0.283. The number of aromatic nitrogens is 1. The van der Waals surface area contributed by atoms with Gasteiger partial charge in [0, 0.05) is 11.6 Å². The number of hydrogen-bond donors (Lipinski definition) is 2. The number of aliphatic imine (C=N–C) groups is 2.